The van der Waals surface area contributed by atoms with Crippen LogP contribution in [0.3, 0.4) is 0 Å². The molecule has 128 valence electrons. The van der Waals surface area contributed by atoms with E-state index in [-0.39, 0.29) is 10.8 Å². The molecule has 25 heavy (non-hydrogen) atoms. The molecular weight excluding hydrogens is 340 g/mol. The van der Waals surface area contributed by atoms with Crippen LogP contribution in [0.25, 0.3) is 5.69 Å². The Balaban J connectivity index is 1.74. The van der Waals surface area contributed by atoms with Gasteiger partial charge in [0.05, 0.1) is 22.3 Å². The van der Waals surface area contributed by atoms with E-state index >= 15 is 0 Å². The second-order valence-corrected chi connectivity index (χ2v) is 7.08. The summed E-state index contributed by atoms with van der Waals surface area (Å²) in [6.45, 7) is 0. The number of benzene rings is 2. The summed E-state index contributed by atoms with van der Waals surface area (Å²) in [6, 6.07) is 15.4. The van der Waals surface area contributed by atoms with E-state index in [2.05, 4.69) is 15.1 Å². The quantitative estimate of drug-likeness (QED) is 0.731. The molecule has 0 saturated heterocycles. The number of nitrogens with zero attached hydrogens (tertiary/aromatic N) is 2. The van der Waals surface area contributed by atoms with Gasteiger partial charge >= 0.3 is 0 Å². The zero-order chi connectivity index (χ0) is 17.9. The van der Waals surface area contributed by atoms with Crippen LogP contribution < -0.4 is 10.0 Å². The summed E-state index contributed by atoms with van der Waals surface area (Å²) in [5.74, 6) is -0.327. The molecular formula is C17H16N4O3S. The number of rotatable bonds is 5. The fourth-order valence-corrected chi connectivity index (χ4v) is 2.93. The maximum absolute atomic E-state index is 12.3. The smallest absolute Gasteiger partial charge is 0.258 e. The van der Waals surface area contributed by atoms with Crippen LogP contribution in [0.2, 0.25) is 0 Å². The van der Waals surface area contributed by atoms with Crippen molar-refractivity contribution >= 4 is 21.6 Å². The van der Waals surface area contributed by atoms with Gasteiger partial charge < -0.3 is 5.32 Å². The minimum absolute atomic E-state index is 0.130. The minimum Gasteiger partial charge on any atom is -0.322 e. The van der Waals surface area contributed by atoms with Gasteiger partial charge in [-0.15, -0.1) is 0 Å². The largest absolute Gasteiger partial charge is 0.322 e. The Hall–Kier alpha value is -2.97. The van der Waals surface area contributed by atoms with Crippen molar-refractivity contribution in [2.24, 2.45) is 0 Å². The van der Waals surface area contributed by atoms with Gasteiger partial charge in [0.1, 0.15) is 0 Å². The van der Waals surface area contributed by atoms with Crippen LogP contribution in [0.1, 0.15) is 10.4 Å². The first-order chi connectivity index (χ1) is 12.0. The molecule has 1 aromatic heterocycles. The van der Waals surface area contributed by atoms with Gasteiger partial charge in [-0.1, -0.05) is 18.2 Å². The molecule has 1 heterocycles. The topological polar surface area (TPSA) is 93.1 Å². The molecule has 3 aromatic rings. The summed E-state index contributed by atoms with van der Waals surface area (Å²) in [4.78, 5) is 12.4. The molecule has 0 aliphatic heterocycles. The molecule has 0 spiro atoms. The van der Waals surface area contributed by atoms with Crippen LogP contribution >= 0.6 is 0 Å². The van der Waals surface area contributed by atoms with Crippen molar-refractivity contribution in [2.45, 2.75) is 4.90 Å². The van der Waals surface area contributed by atoms with Crippen LogP contribution in [0.5, 0.6) is 0 Å². The fraction of sp³-hybridized carbons (Fsp3) is 0.0588. The van der Waals surface area contributed by atoms with E-state index < -0.39 is 10.0 Å². The van der Waals surface area contributed by atoms with Crippen molar-refractivity contribution in [1.82, 2.24) is 14.5 Å². The Morgan fingerprint density at radius 2 is 1.72 bits per heavy atom. The number of aromatic nitrogens is 2. The second kappa shape index (κ2) is 6.88. The molecule has 0 bridgehead atoms. The number of hydrogen-bond donors (Lipinski definition) is 2. The van der Waals surface area contributed by atoms with Gasteiger partial charge in [-0.05, 0) is 43.4 Å². The molecule has 8 heteroatoms. The summed E-state index contributed by atoms with van der Waals surface area (Å²) < 4.78 is 27.2. The van der Waals surface area contributed by atoms with E-state index in [4.69, 9.17) is 0 Å². The van der Waals surface area contributed by atoms with Crippen LogP contribution in [0, 0.1) is 0 Å². The Morgan fingerprint density at radius 1 is 1.04 bits per heavy atom. The van der Waals surface area contributed by atoms with Crippen molar-refractivity contribution in [2.75, 3.05) is 12.4 Å². The maximum atomic E-state index is 12.3. The van der Waals surface area contributed by atoms with E-state index in [0.717, 1.165) is 5.69 Å². The fourth-order valence-electron chi connectivity index (χ4n) is 2.20. The third-order valence-electron chi connectivity index (χ3n) is 3.56. The van der Waals surface area contributed by atoms with Gasteiger partial charge in [-0.2, -0.15) is 5.10 Å². The van der Waals surface area contributed by atoms with Gasteiger partial charge in [-0.25, -0.2) is 17.8 Å². The first kappa shape index (κ1) is 16.9. The van der Waals surface area contributed by atoms with Gasteiger partial charge in [-0.3, -0.25) is 4.79 Å². The molecule has 0 radical (unpaired) electrons. The minimum atomic E-state index is -3.50. The molecule has 2 N–H and O–H groups in total. The van der Waals surface area contributed by atoms with Crippen LogP contribution in [0.4, 0.5) is 5.69 Å². The van der Waals surface area contributed by atoms with Crippen molar-refractivity contribution in [3.8, 4) is 5.69 Å². The number of amides is 1. The Morgan fingerprint density at radius 3 is 2.36 bits per heavy atom. The number of para-hydroxylation sites is 1. The second-order valence-electron chi connectivity index (χ2n) is 5.20. The van der Waals surface area contributed by atoms with E-state index in [1.54, 1.807) is 10.9 Å². The summed E-state index contributed by atoms with van der Waals surface area (Å²) in [5, 5.41) is 6.89. The molecule has 0 saturated carbocycles. The third kappa shape index (κ3) is 3.76. The van der Waals surface area contributed by atoms with Gasteiger partial charge in [0.15, 0.2) is 0 Å². The number of sulfonamides is 1. The highest BCUT2D eigenvalue weighted by Crippen LogP contribution is 2.15. The molecule has 1 amide bonds. The lowest BCUT2D eigenvalue weighted by atomic mass is 10.3. The molecule has 3 rings (SSSR count). The molecule has 2 aromatic carbocycles. The van der Waals surface area contributed by atoms with Crippen LogP contribution in [0.15, 0.2) is 71.9 Å². The summed E-state index contributed by atoms with van der Waals surface area (Å²) >= 11 is 0. The van der Waals surface area contributed by atoms with Crippen molar-refractivity contribution in [1.29, 1.82) is 0 Å². The molecule has 0 aliphatic carbocycles. The Labute approximate surface area is 145 Å². The first-order valence-electron chi connectivity index (χ1n) is 7.45. The highest BCUT2D eigenvalue weighted by Gasteiger charge is 2.13. The number of anilines is 1. The van der Waals surface area contributed by atoms with E-state index in [1.807, 2.05) is 30.3 Å². The lowest BCUT2D eigenvalue weighted by Gasteiger charge is -2.06. The molecule has 0 aliphatic rings. The molecule has 0 fully saturated rings. The average Bonchev–Trinajstić information content (AvgIpc) is 3.13. The number of hydrogen-bond acceptors (Lipinski definition) is 4. The van der Waals surface area contributed by atoms with E-state index in [9.17, 15) is 13.2 Å². The maximum Gasteiger partial charge on any atom is 0.258 e. The SMILES string of the molecule is CNS(=O)(=O)c1ccc(NC(=O)c2cnn(-c3ccccc3)c2)cc1. The number of nitrogens with one attached hydrogen (secondary N) is 2. The van der Waals surface area contributed by atoms with Crippen molar-refractivity contribution in [3.63, 3.8) is 0 Å². The zero-order valence-corrected chi connectivity index (χ0v) is 14.2. The molecule has 0 unspecified atom stereocenters. The predicted molar refractivity (Wildman–Crippen MR) is 94.2 cm³/mol. The zero-order valence-electron chi connectivity index (χ0n) is 13.4. The predicted octanol–water partition coefficient (Wildman–Crippen LogP) is 2.03. The number of carbonyl (C=O) groups is 1. The van der Waals surface area contributed by atoms with E-state index in [0.29, 0.717) is 11.3 Å². The lowest BCUT2D eigenvalue weighted by Crippen LogP contribution is -2.18. The summed E-state index contributed by atoms with van der Waals surface area (Å²) in [7, 11) is -2.16. The van der Waals surface area contributed by atoms with Gasteiger partial charge in [0.2, 0.25) is 10.0 Å². The first-order valence-corrected chi connectivity index (χ1v) is 8.93. The molecule has 0 atom stereocenters. The van der Waals surface area contributed by atoms with Crippen LogP contribution in [-0.4, -0.2) is 31.2 Å². The lowest BCUT2D eigenvalue weighted by molar-refractivity contribution is 0.102. The monoisotopic (exact) mass is 356 g/mol. The van der Waals surface area contributed by atoms with Crippen molar-refractivity contribution < 1.29 is 13.2 Å². The summed E-state index contributed by atoms with van der Waals surface area (Å²) in [6.07, 6.45) is 3.10. The summed E-state index contributed by atoms with van der Waals surface area (Å²) in [5.41, 5.74) is 1.74. The Kier molecular flexibility index (Phi) is 4.64. The number of carbonyl (C=O) groups excluding carboxylic acids is 1. The average molecular weight is 356 g/mol. The van der Waals surface area contributed by atoms with Crippen molar-refractivity contribution in [3.05, 3.63) is 72.6 Å². The standard InChI is InChI=1S/C17H16N4O3S/c1-18-25(23,24)16-9-7-14(8-10-16)20-17(22)13-11-19-21(12-13)15-5-3-2-4-6-15/h2-12,18H,1H3,(H,20,22). The van der Waals surface area contributed by atoms with Crippen LogP contribution in [-0.2, 0) is 10.0 Å². The van der Waals surface area contributed by atoms with Gasteiger partial charge in [0.25, 0.3) is 5.91 Å². The highest BCUT2D eigenvalue weighted by molar-refractivity contribution is 7.89. The van der Waals surface area contributed by atoms with E-state index in [1.165, 1.54) is 37.5 Å². The van der Waals surface area contributed by atoms with Gasteiger partial charge in [0, 0.05) is 11.9 Å². The molecule has 7 nitrogen and oxygen atoms in total. The third-order valence-corrected chi connectivity index (χ3v) is 4.99. The Bertz CT molecular complexity index is 980. The highest BCUT2D eigenvalue weighted by atomic mass is 32.2. The normalized spacial score (nSPS) is 11.2.